The number of halogens is 1. The molecule has 0 aliphatic carbocycles. The Hall–Kier alpha value is -2.15. The number of carboxylic acids is 1. The number of benzene rings is 1. The zero-order chi connectivity index (χ0) is 14.2. The van der Waals surface area contributed by atoms with Crippen LogP contribution in [0.15, 0.2) is 18.2 Å². The molecule has 1 heterocycles. The van der Waals surface area contributed by atoms with Gasteiger partial charge in [-0.25, -0.2) is 0 Å². The van der Waals surface area contributed by atoms with Gasteiger partial charge in [0.1, 0.15) is 5.02 Å². The van der Waals surface area contributed by atoms with Crippen molar-refractivity contribution in [3.05, 3.63) is 33.3 Å². The standard InChI is InChI=1S/C11H9ClN2O5/c12-8-4-7(1-2-9(8)14(18)19)13-5-6(11(16)17)3-10(13)15/h1-2,4,6H,3,5H2,(H,16,17). The summed E-state index contributed by atoms with van der Waals surface area (Å²) in [6, 6.07) is 3.87. The van der Waals surface area contributed by atoms with E-state index in [9.17, 15) is 19.7 Å². The molecule has 1 unspecified atom stereocenters. The summed E-state index contributed by atoms with van der Waals surface area (Å²) in [6.07, 6.45) is -0.0794. The van der Waals surface area contributed by atoms with Gasteiger partial charge in [-0.15, -0.1) is 0 Å². The average molecular weight is 285 g/mol. The van der Waals surface area contributed by atoms with E-state index in [2.05, 4.69) is 0 Å². The Balaban J connectivity index is 2.28. The fourth-order valence-electron chi connectivity index (χ4n) is 1.93. The lowest BCUT2D eigenvalue weighted by Crippen LogP contribution is -2.25. The molecule has 2 rings (SSSR count). The number of nitro groups is 1. The van der Waals surface area contributed by atoms with Gasteiger partial charge in [0.15, 0.2) is 0 Å². The van der Waals surface area contributed by atoms with Gasteiger partial charge < -0.3 is 10.0 Å². The highest BCUT2D eigenvalue weighted by atomic mass is 35.5. The lowest BCUT2D eigenvalue weighted by molar-refractivity contribution is -0.384. The number of nitro benzene ring substituents is 1. The van der Waals surface area contributed by atoms with Gasteiger partial charge in [-0.3, -0.25) is 19.7 Å². The highest BCUT2D eigenvalue weighted by Gasteiger charge is 2.35. The van der Waals surface area contributed by atoms with Crippen LogP contribution in [0.5, 0.6) is 0 Å². The van der Waals surface area contributed by atoms with Crippen LogP contribution in [0.1, 0.15) is 6.42 Å². The predicted octanol–water partition coefficient (Wildman–Crippen LogP) is 1.69. The van der Waals surface area contributed by atoms with Crippen LogP contribution in [0.4, 0.5) is 11.4 Å². The third-order valence-corrected chi connectivity index (χ3v) is 3.22. The smallest absolute Gasteiger partial charge is 0.308 e. The minimum atomic E-state index is -1.04. The minimum Gasteiger partial charge on any atom is -0.481 e. The van der Waals surface area contributed by atoms with Crippen LogP contribution in [-0.2, 0) is 9.59 Å². The Morgan fingerprint density at radius 1 is 1.53 bits per heavy atom. The Labute approximate surface area is 112 Å². The summed E-state index contributed by atoms with van der Waals surface area (Å²) in [6.45, 7) is 0.0440. The second-order valence-corrected chi connectivity index (χ2v) is 4.54. The maximum absolute atomic E-state index is 11.7. The van der Waals surface area contributed by atoms with Crippen molar-refractivity contribution in [1.29, 1.82) is 0 Å². The zero-order valence-electron chi connectivity index (χ0n) is 9.58. The maximum atomic E-state index is 11.7. The number of nitrogens with zero attached hydrogens (tertiary/aromatic N) is 2. The number of amides is 1. The van der Waals surface area contributed by atoms with E-state index in [-0.39, 0.29) is 29.6 Å². The van der Waals surface area contributed by atoms with Gasteiger partial charge in [0.05, 0.1) is 10.8 Å². The quantitative estimate of drug-likeness (QED) is 0.672. The first-order valence-corrected chi connectivity index (χ1v) is 5.75. The molecule has 1 aromatic rings. The number of hydrogen-bond donors (Lipinski definition) is 1. The SMILES string of the molecule is O=C(O)C1CC(=O)N(c2ccc([N+](=O)[O-])c(Cl)c2)C1. The van der Waals surface area contributed by atoms with Crippen LogP contribution in [-0.4, -0.2) is 28.5 Å². The first kappa shape index (κ1) is 13.3. The summed E-state index contributed by atoms with van der Waals surface area (Å²) in [5, 5.41) is 19.4. The van der Waals surface area contributed by atoms with Crippen molar-refractivity contribution < 1.29 is 19.6 Å². The third kappa shape index (κ3) is 2.50. The molecule has 1 fully saturated rings. The minimum absolute atomic E-state index is 0.0440. The molecule has 7 nitrogen and oxygen atoms in total. The number of rotatable bonds is 3. The van der Waals surface area contributed by atoms with Crippen molar-refractivity contribution in [3.8, 4) is 0 Å². The van der Waals surface area contributed by atoms with Gasteiger partial charge in [0.2, 0.25) is 5.91 Å². The van der Waals surface area contributed by atoms with Crippen LogP contribution in [0.25, 0.3) is 0 Å². The van der Waals surface area contributed by atoms with Crippen LogP contribution in [0.2, 0.25) is 5.02 Å². The van der Waals surface area contributed by atoms with E-state index in [0.29, 0.717) is 5.69 Å². The van der Waals surface area contributed by atoms with Gasteiger partial charge in [0, 0.05) is 24.7 Å². The zero-order valence-corrected chi connectivity index (χ0v) is 10.3. The molecule has 1 amide bonds. The van der Waals surface area contributed by atoms with Gasteiger partial charge in [0.25, 0.3) is 5.69 Å². The van der Waals surface area contributed by atoms with Crippen molar-refractivity contribution in [1.82, 2.24) is 0 Å². The lowest BCUT2D eigenvalue weighted by Gasteiger charge is -2.16. The molecule has 1 aliphatic rings. The van der Waals surface area contributed by atoms with Gasteiger partial charge in [-0.1, -0.05) is 11.6 Å². The van der Waals surface area contributed by atoms with Gasteiger partial charge in [-0.2, -0.15) is 0 Å². The Morgan fingerprint density at radius 3 is 2.68 bits per heavy atom. The Bertz CT molecular complexity index is 574. The molecule has 0 saturated carbocycles. The van der Waals surface area contributed by atoms with Gasteiger partial charge in [-0.05, 0) is 12.1 Å². The Kier molecular flexibility index (Phi) is 3.39. The molecule has 0 spiro atoms. The molecule has 1 aliphatic heterocycles. The van der Waals surface area contributed by atoms with Crippen LogP contribution in [0, 0.1) is 16.0 Å². The largest absolute Gasteiger partial charge is 0.481 e. The number of carbonyl (C=O) groups excluding carboxylic acids is 1. The number of hydrogen-bond acceptors (Lipinski definition) is 4. The molecule has 0 bridgehead atoms. The topological polar surface area (TPSA) is 101 Å². The predicted molar refractivity (Wildman–Crippen MR) is 66.2 cm³/mol. The number of carboxylic acid groups (broad SMARTS) is 1. The summed E-state index contributed by atoms with van der Waals surface area (Å²) in [5.74, 6) is -2.14. The van der Waals surface area contributed by atoms with Crippen molar-refractivity contribution in [3.63, 3.8) is 0 Å². The second-order valence-electron chi connectivity index (χ2n) is 4.14. The van der Waals surface area contributed by atoms with E-state index in [4.69, 9.17) is 16.7 Å². The Morgan fingerprint density at radius 2 is 2.21 bits per heavy atom. The summed E-state index contributed by atoms with van der Waals surface area (Å²) >= 11 is 5.75. The highest BCUT2D eigenvalue weighted by Crippen LogP contribution is 2.32. The van der Waals surface area contributed by atoms with Crippen molar-refractivity contribution in [2.24, 2.45) is 5.92 Å². The van der Waals surface area contributed by atoms with E-state index in [1.807, 2.05) is 0 Å². The van der Waals surface area contributed by atoms with Crippen LogP contribution >= 0.6 is 11.6 Å². The fraction of sp³-hybridized carbons (Fsp3) is 0.273. The van der Waals surface area contributed by atoms with Crippen LogP contribution < -0.4 is 4.90 Å². The van der Waals surface area contributed by atoms with E-state index >= 15 is 0 Å². The molecular weight excluding hydrogens is 276 g/mol. The third-order valence-electron chi connectivity index (χ3n) is 2.91. The molecule has 0 aromatic heterocycles. The molecule has 0 radical (unpaired) electrons. The molecule has 1 aromatic carbocycles. The molecule has 1 saturated heterocycles. The monoisotopic (exact) mass is 284 g/mol. The van der Waals surface area contributed by atoms with E-state index < -0.39 is 16.8 Å². The van der Waals surface area contributed by atoms with Gasteiger partial charge >= 0.3 is 5.97 Å². The molecule has 100 valence electrons. The number of anilines is 1. The highest BCUT2D eigenvalue weighted by molar-refractivity contribution is 6.33. The average Bonchev–Trinajstić information content (AvgIpc) is 2.71. The van der Waals surface area contributed by atoms with Crippen molar-refractivity contribution >= 4 is 34.9 Å². The first-order valence-electron chi connectivity index (χ1n) is 5.37. The van der Waals surface area contributed by atoms with Crippen molar-refractivity contribution in [2.45, 2.75) is 6.42 Å². The first-order chi connectivity index (χ1) is 8.90. The number of aliphatic carboxylic acids is 1. The summed E-state index contributed by atoms with van der Waals surface area (Å²) in [4.78, 5) is 33.8. The molecule has 8 heteroatoms. The number of carbonyl (C=O) groups is 2. The summed E-state index contributed by atoms with van der Waals surface area (Å²) in [5.41, 5.74) is 0.108. The molecule has 1 atom stereocenters. The van der Waals surface area contributed by atoms with E-state index in [0.717, 1.165) is 0 Å². The van der Waals surface area contributed by atoms with E-state index in [1.165, 1.54) is 23.1 Å². The second kappa shape index (κ2) is 4.85. The van der Waals surface area contributed by atoms with Crippen LogP contribution in [0.3, 0.4) is 0 Å². The molecule has 19 heavy (non-hydrogen) atoms. The fourth-order valence-corrected chi connectivity index (χ4v) is 2.18. The maximum Gasteiger partial charge on any atom is 0.308 e. The normalized spacial score (nSPS) is 18.7. The molecule has 1 N–H and O–H groups in total. The molecular formula is C11H9ClN2O5. The summed E-state index contributed by atoms with van der Waals surface area (Å²) < 4.78 is 0. The van der Waals surface area contributed by atoms with E-state index in [1.54, 1.807) is 0 Å². The summed E-state index contributed by atoms with van der Waals surface area (Å²) in [7, 11) is 0. The lowest BCUT2D eigenvalue weighted by atomic mass is 10.1. The van der Waals surface area contributed by atoms with Crippen molar-refractivity contribution in [2.75, 3.05) is 11.4 Å².